The van der Waals surface area contributed by atoms with Crippen LogP contribution in [-0.2, 0) is 0 Å². The van der Waals surface area contributed by atoms with E-state index in [0.717, 1.165) is 47.6 Å². The first-order chi connectivity index (χ1) is 15.1. The standard InChI is InChI=1S/C24H25BrCl2N4/c25-18-3-1-17(2-4-18)24-9-10-31(28-24)21-6-5-19(15-21)29-11-13-30(14-12-29)20-7-8-22(26)23(27)16-20/h1-4,7-10,16,19,21H,5-6,11-15H2/t19-,21-/m0/s1. The molecule has 2 fully saturated rings. The summed E-state index contributed by atoms with van der Waals surface area (Å²) in [4.78, 5) is 5.07. The van der Waals surface area contributed by atoms with Crippen LogP contribution >= 0.6 is 39.1 Å². The molecule has 162 valence electrons. The fourth-order valence-corrected chi connectivity index (χ4v) is 5.41. The fourth-order valence-electron chi connectivity index (χ4n) is 4.85. The number of benzene rings is 2. The van der Waals surface area contributed by atoms with Crippen LogP contribution in [0.2, 0.25) is 10.0 Å². The van der Waals surface area contributed by atoms with E-state index in [2.05, 4.69) is 73.0 Å². The summed E-state index contributed by atoms with van der Waals surface area (Å²) in [5, 5.41) is 6.13. The van der Waals surface area contributed by atoms with Crippen LogP contribution < -0.4 is 4.90 Å². The topological polar surface area (TPSA) is 24.3 Å². The normalized spacial score (nSPS) is 22.2. The van der Waals surface area contributed by atoms with E-state index >= 15 is 0 Å². The molecule has 1 saturated heterocycles. The largest absolute Gasteiger partial charge is 0.369 e. The maximum atomic E-state index is 6.21. The lowest BCUT2D eigenvalue weighted by Crippen LogP contribution is -2.49. The summed E-state index contributed by atoms with van der Waals surface area (Å²) in [7, 11) is 0. The first-order valence-corrected chi connectivity index (χ1v) is 12.4. The van der Waals surface area contributed by atoms with Crippen molar-refractivity contribution < 1.29 is 0 Å². The van der Waals surface area contributed by atoms with E-state index in [1.165, 1.54) is 19.3 Å². The van der Waals surface area contributed by atoms with Crippen molar-refractivity contribution >= 4 is 44.8 Å². The summed E-state index contributed by atoms with van der Waals surface area (Å²) in [6.45, 7) is 4.21. The van der Waals surface area contributed by atoms with Gasteiger partial charge in [-0.2, -0.15) is 5.10 Å². The molecule has 1 aromatic heterocycles. The Kier molecular flexibility index (Phi) is 6.29. The van der Waals surface area contributed by atoms with Crippen LogP contribution in [0.4, 0.5) is 5.69 Å². The van der Waals surface area contributed by atoms with Crippen LogP contribution in [0.5, 0.6) is 0 Å². The number of hydrogen-bond acceptors (Lipinski definition) is 3. The number of hydrogen-bond donors (Lipinski definition) is 0. The number of nitrogens with zero attached hydrogens (tertiary/aromatic N) is 4. The first-order valence-electron chi connectivity index (χ1n) is 10.8. The Morgan fingerprint density at radius 3 is 2.32 bits per heavy atom. The molecule has 1 aliphatic carbocycles. The van der Waals surface area contributed by atoms with Crippen molar-refractivity contribution in [3.05, 3.63) is 69.2 Å². The Morgan fingerprint density at radius 1 is 0.839 bits per heavy atom. The SMILES string of the molecule is Clc1ccc(N2CCN([C@H]3CC[C@H](n4ccc(-c5ccc(Br)cc5)n4)C3)CC2)cc1Cl. The minimum atomic E-state index is 0.488. The quantitative estimate of drug-likeness (QED) is 0.391. The second kappa shape index (κ2) is 9.14. The molecule has 0 unspecified atom stereocenters. The second-order valence-corrected chi connectivity index (χ2v) is 10.2. The molecule has 1 saturated carbocycles. The van der Waals surface area contributed by atoms with Crippen molar-refractivity contribution in [2.24, 2.45) is 0 Å². The number of halogens is 3. The highest BCUT2D eigenvalue weighted by Gasteiger charge is 2.32. The van der Waals surface area contributed by atoms with Crippen molar-refractivity contribution in [3.8, 4) is 11.3 Å². The molecular weight excluding hydrogens is 495 g/mol. The van der Waals surface area contributed by atoms with E-state index in [9.17, 15) is 0 Å². The van der Waals surface area contributed by atoms with Gasteiger partial charge in [0.2, 0.25) is 0 Å². The predicted molar refractivity (Wildman–Crippen MR) is 132 cm³/mol. The number of anilines is 1. The van der Waals surface area contributed by atoms with Crippen molar-refractivity contribution in [2.45, 2.75) is 31.3 Å². The molecule has 1 aliphatic heterocycles. The van der Waals surface area contributed by atoms with Crippen LogP contribution in [0.25, 0.3) is 11.3 Å². The van der Waals surface area contributed by atoms with Crippen LogP contribution in [0.15, 0.2) is 59.2 Å². The van der Waals surface area contributed by atoms with Crippen molar-refractivity contribution in [3.63, 3.8) is 0 Å². The van der Waals surface area contributed by atoms with Crippen LogP contribution in [0.3, 0.4) is 0 Å². The Bertz CT molecular complexity index is 1040. The molecule has 5 rings (SSSR count). The van der Waals surface area contributed by atoms with Gasteiger partial charge in [0.1, 0.15) is 0 Å². The number of rotatable bonds is 4. The van der Waals surface area contributed by atoms with E-state index in [0.29, 0.717) is 22.1 Å². The molecular formula is C24H25BrCl2N4. The Balaban J connectivity index is 1.18. The molecule has 3 aromatic rings. The van der Waals surface area contributed by atoms with Gasteiger partial charge in [0.25, 0.3) is 0 Å². The molecule has 0 radical (unpaired) electrons. The van der Waals surface area contributed by atoms with E-state index in [-0.39, 0.29) is 0 Å². The summed E-state index contributed by atoms with van der Waals surface area (Å²) < 4.78 is 3.28. The zero-order chi connectivity index (χ0) is 21.4. The van der Waals surface area contributed by atoms with E-state index in [1.807, 2.05) is 12.1 Å². The van der Waals surface area contributed by atoms with Gasteiger partial charge in [-0.15, -0.1) is 0 Å². The van der Waals surface area contributed by atoms with Crippen molar-refractivity contribution in [1.29, 1.82) is 0 Å². The average Bonchev–Trinajstić information content (AvgIpc) is 3.46. The molecule has 2 aromatic carbocycles. The Morgan fingerprint density at radius 2 is 1.58 bits per heavy atom. The maximum Gasteiger partial charge on any atom is 0.0923 e. The highest BCUT2D eigenvalue weighted by Crippen LogP contribution is 2.35. The van der Waals surface area contributed by atoms with Crippen molar-refractivity contribution in [2.75, 3.05) is 31.1 Å². The van der Waals surface area contributed by atoms with Gasteiger partial charge in [0.15, 0.2) is 0 Å². The van der Waals surface area contributed by atoms with Crippen LogP contribution in [0, 0.1) is 0 Å². The lowest BCUT2D eigenvalue weighted by molar-refractivity contribution is 0.183. The first kappa shape index (κ1) is 21.3. The monoisotopic (exact) mass is 518 g/mol. The molecule has 0 amide bonds. The fraction of sp³-hybridized carbons (Fsp3) is 0.375. The van der Waals surface area contributed by atoms with Gasteiger partial charge in [0.05, 0.1) is 21.8 Å². The molecule has 0 N–H and O–H groups in total. The smallest absolute Gasteiger partial charge is 0.0923 e. The third-order valence-electron chi connectivity index (χ3n) is 6.60. The highest BCUT2D eigenvalue weighted by molar-refractivity contribution is 9.10. The number of aromatic nitrogens is 2. The molecule has 4 nitrogen and oxygen atoms in total. The van der Waals surface area contributed by atoms with Gasteiger partial charge in [-0.05, 0) is 55.7 Å². The Labute approximate surface area is 201 Å². The van der Waals surface area contributed by atoms with E-state index in [4.69, 9.17) is 28.3 Å². The maximum absolute atomic E-state index is 6.21. The zero-order valence-electron chi connectivity index (χ0n) is 17.2. The molecule has 2 atom stereocenters. The van der Waals surface area contributed by atoms with Gasteiger partial charge < -0.3 is 4.90 Å². The van der Waals surface area contributed by atoms with Gasteiger partial charge in [-0.3, -0.25) is 9.58 Å². The minimum absolute atomic E-state index is 0.488. The third kappa shape index (κ3) is 4.65. The zero-order valence-corrected chi connectivity index (χ0v) is 20.3. The molecule has 2 aliphatic rings. The summed E-state index contributed by atoms with van der Waals surface area (Å²) in [6, 6.07) is 17.6. The van der Waals surface area contributed by atoms with E-state index in [1.54, 1.807) is 0 Å². The minimum Gasteiger partial charge on any atom is -0.369 e. The highest BCUT2D eigenvalue weighted by atomic mass is 79.9. The average molecular weight is 520 g/mol. The van der Waals surface area contributed by atoms with Gasteiger partial charge in [-0.1, -0.05) is 51.3 Å². The second-order valence-electron chi connectivity index (χ2n) is 8.43. The summed E-state index contributed by atoms with van der Waals surface area (Å²) in [6.07, 6.45) is 5.75. The predicted octanol–water partition coefficient (Wildman–Crippen LogP) is 6.54. The summed E-state index contributed by atoms with van der Waals surface area (Å²) in [5.74, 6) is 0. The summed E-state index contributed by atoms with van der Waals surface area (Å²) >= 11 is 15.8. The van der Waals surface area contributed by atoms with Gasteiger partial charge in [0, 0.05) is 54.1 Å². The number of piperazine rings is 1. The lowest BCUT2D eigenvalue weighted by Gasteiger charge is -2.39. The molecule has 0 bridgehead atoms. The van der Waals surface area contributed by atoms with Crippen LogP contribution in [-0.4, -0.2) is 46.9 Å². The molecule has 2 heterocycles. The summed E-state index contributed by atoms with van der Waals surface area (Å²) in [5.41, 5.74) is 3.37. The van der Waals surface area contributed by atoms with E-state index < -0.39 is 0 Å². The molecule has 0 spiro atoms. The van der Waals surface area contributed by atoms with Crippen LogP contribution in [0.1, 0.15) is 25.3 Å². The van der Waals surface area contributed by atoms with Gasteiger partial charge in [-0.25, -0.2) is 0 Å². The third-order valence-corrected chi connectivity index (χ3v) is 7.87. The lowest BCUT2D eigenvalue weighted by atomic mass is 10.1. The molecule has 31 heavy (non-hydrogen) atoms. The van der Waals surface area contributed by atoms with Crippen molar-refractivity contribution in [1.82, 2.24) is 14.7 Å². The molecule has 7 heteroatoms. The Hall–Kier alpha value is -1.53. The van der Waals surface area contributed by atoms with Gasteiger partial charge >= 0.3 is 0 Å².